The summed E-state index contributed by atoms with van der Waals surface area (Å²) in [6.07, 6.45) is 10.5. The molecule has 0 spiro atoms. The molecule has 8 nitrogen and oxygen atoms in total. The molecule has 0 unspecified atom stereocenters. The molecule has 2 aromatic carbocycles. The molecule has 62 heavy (non-hydrogen) atoms. The summed E-state index contributed by atoms with van der Waals surface area (Å²) in [7, 11) is -1.28. The van der Waals surface area contributed by atoms with Gasteiger partial charge in [-0.1, -0.05) is 75.7 Å². The van der Waals surface area contributed by atoms with Crippen LogP contribution in [-0.4, -0.2) is 67.0 Å². The molecule has 0 atom stereocenters. The summed E-state index contributed by atoms with van der Waals surface area (Å²) in [5, 5.41) is 0. The van der Waals surface area contributed by atoms with Crippen molar-refractivity contribution in [3.05, 3.63) is 53.0 Å². The second-order valence-corrected chi connectivity index (χ2v) is 24.7. The van der Waals surface area contributed by atoms with Crippen LogP contribution in [0.3, 0.4) is 0 Å². The second kappa shape index (κ2) is 19.0. The predicted molar refractivity (Wildman–Crippen MR) is 260 cm³/mol. The zero-order chi connectivity index (χ0) is 46.3. The number of hydrogen-bond acceptors (Lipinski definition) is 8. The topological polar surface area (TPSA) is 73.8 Å². The Morgan fingerprint density at radius 3 is 1.13 bits per heavy atom. The molecular formula is C50H82B3BrO8. The minimum Gasteiger partial charge on any atom is -0.490 e. The van der Waals surface area contributed by atoms with Crippen molar-refractivity contribution >= 4 is 42.5 Å². The van der Waals surface area contributed by atoms with Crippen LogP contribution in [0.4, 0.5) is 0 Å². The summed E-state index contributed by atoms with van der Waals surface area (Å²) < 4.78 is 49.7. The van der Waals surface area contributed by atoms with Gasteiger partial charge in [0, 0.05) is 4.47 Å². The number of benzene rings is 2. The Bertz CT molecular complexity index is 1690. The van der Waals surface area contributed by atoms with Gasteiger partial charge >= 0.3 is 21.1 Å². The maximum Gasteiger partial charge on any atom is 0.494 e. The lowest BCUT2D eigenvalue weighted by Crippen LogP contribution is -2.41. The lowest BCUT2D eigenvalue weighted by molar-refractivity contribution is 0.00578. The molecule has 2 saturated carbocycles. The quantitative estimate of drug-likeness (QED) is 0.265. The van der Waals surface area contributed by atoms with Gasteiger partial charge in [-0.2, -0.15) is 0 Å². The van der Waals surface area contributed by atoms with Gasteiger partial charge in [-0.05, 0) is 193 Å². The van der Waals surface area contributed by atoms with E-state index < -0.39 is 14.0 Å². The van der Waals surface area contributed by atoms with Crippen LogP contribution in [0.2, 0.25) is 0 Å². The Hall–Kier alpha value is -1.53. The van der Waals surface area contributed by atoms with Gasteiger partial charge in [0.05, 0.1) is 45.8 Å². The number of ether oxygens (including phenoxy) is 2. The van der Waals surface area contributed by atoms with Gasteiger partial charge in [-0.3, -0.25) is 0 Å². The summed E-state index contributed by atoms with van der Waals surface area (Å²) in [4.78, 5) is 0. The van der Waals surface area contributed by atoms with E-state index in [4.69, 9.17) is 37.4 Å². The Morgan fingerprint density at radius 1 is 0.468 bits per heavy atom. The van der Waals surface area contributed by atoms with E-state index in [2.05, 4.69) is 103 Å². The molecule has 5 fully saturated rings. The van der Waals surface area contributed by atoms with Crippen molar-refractivity contribution in [3.8, 4) is 11.5 Å². The molecule has 0 bridgehead atoms. The summed E-state index contributed by atoms with van der Waals surface area (Å²) in [6, 6.07) is 16.4. The van der Waals surface area contributed by atoms with Crippen molar-refractivity contribution in [2.75, 3.05) is 0 Å². The highest BCUT2D eigenvalue weighted by Crippen LogP contribution is 2.44. The van der Waals surface area contributed by atoms with Gasteiger partial charge in [-0.15, -0.1) is 0 Å². The molecule has 5 aliphatic rings. The predicted octanol–water partition coefficient (Wildman–Crippen LogP) is 12.7. The van der Waals surface area contributed by atoms with Gasteiger partial charge < -0.3 is 37.4 Å². The minimum absolute atomic E-state index is 0.320. The van der Waals surface area contributed by atoms with Crippen LogP contribution in [0.25, 0.3) is 0 Å². The first-order valence-electron chi connectivity index (χ1n) is 23.6. The SMILES string of the molecule is CC(C)(C)C1CCC(Oc2cccc(B3OC(C)(C)C(C)(C)O3)c2)CC1.CC(C)(C)C1CCC(Oc2cccc(Br)c2)CC1.CC1(C)OB(B2OC(C)(C)C(C)(C)O2)OC1(C)C. The van der Waals surface area contributed by atoms with E-state index in [1.54, 1.807) is 0 Å². The van der Waals surface area contributed by atoms with Crippen molar-refractivity contribution in [1.82, 2.24) is 0 Å². The number of hydrogen-bond donors (Lipinski definition) is 0. The Morgan fingerprint density at radius 2 is 0.790 bits per heavy atom. The van der Waals surface area contributed by atoms with Gasteiger partial charge in [0.15, 0.2) is 0 Å². The fourth-order valence-corrected chi connectivity index (χ4v) is 9.11. The standard InChI is InChI=1S/C22H35BO3.C16H23BrO.C12H24B2O4/c1-20(2,3)16-11-13-18(14-12-16)24-19-10-8-9-17(15-19)23-25-21(4,5)22(6,7)26-23;1-16(2,3)12-7-9-14(10-8-12)18-15-6-4-5-13(17)11-15;1-9(2)10(3,4)16-13(15-9)14-17-11(5,6)12(7,8)18-14/h8-10,15-16,18H,11-14H2,1-7H3;4-6,11-12,14H,7-10H2,1-3H3;1-8H3. The molecule has 0 N–H and O–H groups in total. The molecule has 2 aliphatic carbocycles. The summed E-state index contributed by atoms with van der Waals surface area (Å²) in [5.41, 5.74) is -0.197. The summed E-state index contributed by atoms with van der Waals surface area (Å²) >= 11 is 3.48. The molecular weight excluding hydrogens is 841 g/mol. The van der Waals surface area contributed by atoms with Gasteiger partial charge in [0.1, 0.15) is 11.5 Å². The van der Waals surface area contributed by atoms with Gasteiger partial charge in [0.2, 0.25) is 0 Å². The summed E-state index contributed by atoms with van der Waals surface area (Å²) in [6.45, 7) is 38.7. The Balaban J connectivity index is 0.000000181. The smallest absolute Gasteiger partial charge is 0.490 e. The minimum atomic E-state index is -0.476. The van der Waals surface area contributed by atoms with Crippen LogP contribution in [-0.2, 0) is 27.9 Å². The lowest BCUT2D eigenvalue weighted by Gasteiger charge is -2.37. The molecule has 346 valence electrons. The van der Waals surface area contributed by atoms with Crippen molar-refractivity contribution < 1.29 is 37.4 Å². The van der Waals surface area contributed by atoms with E-state index in [-0.39, 0.29) is 40.7 Å². The van der Waals surface area contributed by atoms with E-state index in [0.717, 1.165) is 46.1 Å². The summed E-state index contributed by atoms with van der Waals surface area (Å²) in [5.74, 6) is 3.57. The highest BCUT2D eigenvalue weighted by Gasteiger charge is 2.63. The lowest BCUT2D eigenvalue weighted by atomic mass is 9.49. The Kier molecular flexibility index (Phi) is 15.8. The fourth-order valence-electron chi connectivity index (χ4n) is 8.73. The van der Waals surface area contributed by atoms with Crippen LogP contribution in [0.1, 0.15) is 176 Å². The van der Waals surface area contributed by atoms with Crippen molar-refractivity contribution in [2.45, 2.75) is 222 Å². The maximum atomic E-state index is 6.31. The van der Waals surface area contributed by atoms with Crippen LogP contribution in [0, 0.1) is 22.7 Å². The largest absolute Gasteiger partial charge is 0.494 e. The molecule has 7 rings (SSSR count). The first-order chi connectivity index (χ1) is 28.3. The average molecular weight is 924 g/mol. The third-order valence-corrected chi connectivity index (χ3v) is 15.8. The molecule has 3 saturated heterocycles. The molecule has 0 amide bonds. The zero-order valence-corrected chi connectivity index (χ0v) is 43.5. The average Bonchev–Trinajstić information content (AvgIpc) is 3.61. The third kappa shape index (κ3) is 12.7. The van der Waals surface area contributed by atoms with Crippen LogP contribution in [0.5, 0.6) is 11.5 Å². The molecule has 12 heteroatoms. The number of rotatable bonds is 6. The Labute approximate surface area is 387 Å². The van der Waals surface area contributed by atoms with Crippen LogP contribution >= 0.6 is 15.9 Å². The molecule has 0 radical (unpaired) electrons. The van der Waals surface area contributed by atoms with Crippen molar-refractivity contribution in [3.63, 3.8) is 0 Å². The van der Waals surface area contributed by atoms with Crippen molar-refractivity contribution in [2.24, 2.45) is 22.7 Å². The molecule has 0 aromatic heterocycles. The highest BCUT2D eigenvalue weighted by atomic mass is 79.9. The highest BCUT2D eigenvalue weighted by molar-refractivity contribution is 9.10. The second-order valence-electron chi connectivity index (χ2n) is 23.8. The van der Waals surface area contributed by atoms with Crippen LogP contribution < -0.4 is 14.9 Å². The van der Waals surface area contributed by atoms with E-state index >= 15 is 0 Å². The van der Waals surface area contributed by atoms with E-state index in [1.165, 1.54) is 38.5 Å². The normalized spacial score (nSPS) is 28.3. The first kappa shape index (κ1) is 51.5. The van der Waals surface area contributed by atoms with Gasteiger partial charge in [0.25, 0.3) is 0 Å². The van der Waals surface area contributed by atoms with E-state index in [0.29, 0.717) is 23.0 Å². The monoisotopic (exact) mass is 923 g/mol. The van der Waals surface area contributed by atoms with Crippen LogP contribution in [0.15, 0.2) is 53.0 Å². The van der Waals surface area contributed by atoms with E-state index in [9.17, 15) is 0 Å². The van der Waals surface area contributed by atoms with E-state index in [1.807, 2.05) is 85.7 Å². The molecule has 3 aliphatic heterocycles. The molecule has 2 aromatic rings. The maximum absolute atomic E-state index is 6.31. The van der Waals surface area contributed by atoms with Crippen molar-refractivity contribution in [1.29, 1.82) is 0 Å². The fraction of sp³-hybridized carbons (Fsp3) is 0.760. The molecule has 3 heterocycles. The number of halogens is 1. The van der Waals surface area contributed by atoms with Gasteiger partial charge in [-0.25, -0.2) is 0 Å². The zero-order valence-electron chi connectivity index (χ0n) is 42.0. The first-order valence-corrected chi connectivity index (χ1v) is 24.4. The third-order valence-electron chi connectivity index (χ3n) is 15.3.